The van der Waals surface area contributed by atoms with Crippen LogP contribution in [-0.2, 0) is 13.1 Å². The Balaban J connectivity index is 1.74. The lowest BCUT2D eigenvalue weighted by molar-refractivity contribution is 0.275. The second-order valence-electron chi connectivity index (χ2n) is 4.98. The van der Waals surface area contributed by atoms with E-state index in [1.807, 2.05) is 48.8 Å². The Kier molecular flexibility index (Phi) is 4.37. The summed E-state index contributed by atoms with van der Waals surface area (Å²) in [5.74, 6) is 0. The van der Waals surface area contributed by atoms with E-state index in [2.05, 4.69) is 38.8 Å². The van der Waals surface area contributed by atoms with Gasteiger partial charge in [-0.1, -0.05) is 18.2 Å². The van der Waals surface area contributed by atoms with Gasteiger partial charge >= 0.3 is 0 Å². The van der Waals surface area contributed by atoms with Crippen LogP contribution in [0.2, 0.25) is 0 Å². The summed E-state index contributed by atoms with van der Waals surface area (Å²) in [6, 6.07) is 12.0. The Morgan fingerprint density at radius 2 is 1.52 bits per heavy atom. The van der Waals surface area contributed by atoms with Crippen molar-refractivity contribution in [3.05, 3.63) is 89.7 Å². The molecule has 0 saturated carbocycles. The lowest BCUT2D eigenvalue weighted by atomic mass is 10.2. The summed E-state index contributed by atoms with van der Waals surface area (Å²) in [5, 5.41) is 0. The molecule has 0 saturated heterocycles. The maximum Gasteiger partial charge on any atom is 0.0544 e. The average Bonchev–Trinajstić information content (AvgIpc) is 3.02. The highest BCUT2D eigenvalue weighted by Crippen LogP contribution is 2.11. The molecule has 3 nitrogen and oxygen atoms in total. The molecule has 0 bridgehead atoms. The summed E-state index contributed by atoms with van der Waals surface area (Å²) < 4.78 is 0. The van der Waals surface area contributed by atoms with Crippen LogP contribution in [0.5, 0.6) is 0 Å². The minimum Gasteiger partial charge on any atom is -0.287 e. The third kappa shape index (κ3) is 3.99. The molecular weight excluding hydrogens is 258 g/mol. The zero-order valence-corrected chi connectivity index (χ0v) is 11.8. The number of aromatic nitrogens is 2. The van der Waals surface area contributed by atoms with E-state index in [1.165, 1.54) is 5.57 Å². The van der Waals surface area contributed by atoms with Crippen molar-refractivity contribution in [2.75, 3.05) is 6.54 Å². The molecule has 21 heavy (non-hydrogen) atoms. The van der Waals surface area contributed by atoms with E-state index < -0.39 is 0 Å². The number of pyridine rings is 2. The largest absolute Gasteiger partial charge is 0.287 e. The highest BCUT2D eigenvalue weighted by Gasteiger charge is 2.10. The molecule has 0 spiro atoms. The maximum absolute atomic E-state index is 4.42. The zero-order chi connectivity index (χ0) is 14.3. The molecule has 0 atom stereocenters. The van der Waals surface area contributed by atoms with E-state index in [0.717, 1.165) is 31.0 Å². The van der Waals surface area contributed by atoms with Crippen LogP contribution in [0.3, 0.4) is 0 Å². The van der Waals surface area contributed by atoms with E-state index in [9.17, 15) is 0 Å². The van der Waals surface area contributed by atoms with Crippen molar-refractivity contribution in [2.45, 2.75) is 13.1 Å². The molecule has 2 aromatic rings. The van der Waals surface area contributed by atoms with Crippen LogP contribution in [-0.4, -0.2) is 21.4 Å². The lowest BCUT2D eigenvalue weighted by Crippen LogP contribution is -2.25. The third-order valence-corrected chi connectivity index (χ3v) is 3.28. The summed E-state index contributed by atoms with van der Waals surface area (Å²) in [6.07, 6.45) is 9.75. The van der Waals surface area contributed by atoms with Crippen molar-refractivity contribution in [1.82, 2.24) is 14.9 Å². The van der Waals surface area contributed by atoms with Gasteiger partial charge in [-0.15, -0.1) is 5.73 Å². The van der Waals surface area contributed by atoms with Gasteiger partial charge in [-0.3, -0.25) is 14.9 Å². The van der Waals surface area contributed by atoms with Crippen molar-refractivity contribution in [3.8, 4) is 0 Å². The minimum absolute atomic E-state index is 0.802. The molecule has 3 heteroatoms. The molecule has 1 aliphatic carbocycles. The van der Waals surface area contributed by atoms with Gasteiger partial charge in [0.15, 0.2) is 0 Å². The van der Waals surface area contributed by atoms with Crippen LogP contribution in [0, 0.1) is 0 Å². The quantitative estimate of drug-likeness (QED) is 0.758. The van der Waals surface area contributed by atoms with Gasteiger partial charge in [0.2, 0.25) is 0 Å². The third-order valence-electron chi connectivity index (χ3n) is 3.28. The SMILES string of the molecule is C1=CC=CC=1CN(Cc1ccccn1)Cc1ccccn1. The molecule has 0 aromatic carbocycles. The first kappa shape index (κ1) is 13.5. The molecule has 0 aliphatic heterocycles. The molecule has 2 heterocycles. The highest BCUT2D eigenvalue weighted by molar-refractivity contribution is 5.30. The highest BCUT2D eigenvalue weighted by atomic mass is 15.1. The second-order valence-corrected chi connectivity index (χ2v) is 4.98. The fourth-order valence-electron chi connectivity index (χ4n) is 2.32. The molecule has 0 unspecified atom stereocenters. The maximum atomic E-state index is 4.42. The number of allylic oxidation sites excluding steroid dienone is 1. The molecule has 0 radical (unpaired) electrons. The van der Waals surface area contributed by atoms with Gasteiger partial charge in [0.25, 0.3) is 0 Å². The average molecular weight is 275 g/mol. The molecule has 0 N–H and O–H groups in total. The molecule has 0 amide bonds. The van der Waals surface area contributed by atoms with Crippen LogP contribution >= 0.6 is 0 Å². The van der Waals surface area contributed by atoms with Gasteiger partial charge in [-0.2, -0.15) is 0 Å². The van der Waals surface area contributed by atoms with Crippen molar-refractivity contribution in [2.24, 2.45) is 0 Å². The van der Waals surface area contributed by atoms with Gasteiger partial charge in [0.05, 0.1) is 11.4 Å². The minimum atomic E-state index is 0.802. The van der Waals surface area contributed by atoms with Crippen molar-refractivity contribution in [3.63, 3.8) is 0 Å². The zero-order valence-electron chi connectivity index (χ0n) is 11.8. The van der Waals surface area contributed by atoms with Crippen LogP contribution in [0.4, 0.5) is 0 Å². The normalized spacial score (nSPS) is 12.9. The second kappa shape index (κ2) is 6.80. The Morgan fingerprint density at radius 3 is 2.00 bits per heavy atom. The molecular formula is C18H17N3. The standard InChI is InChI=1S/C18H17N3/c1-2-8-16(7-1)13-21(14-17-9-3-5-11-19-17)15-18-10-4-6-12-20-18/h1-7,9-12H,13-15H2. The lowest BCUT2D eigenvalue weighted by Gasteiger charge is -2.21. The van der Waals surface area contributed by atoms with Gasteiger partial charge in [0, 0.05) is 37.6 Å². The predicted molar refractivity (Wildman–Crippen MR) is 83.3 cm³/mol. The summed E-state index contributed by atoms with van der Waals surface area (Å²) in [5.41, 5.74) is 6.59. The van der Waals surface area contributed by atoms with E-state index in [0.29, 0.717) is 0 Å². The fraction of sp³-hybridized carbons (Fsp3) is 0.167. The Labute approximate surface area is 125 Å². The fourth-order valence-corrected chi connectivity index (χ4v) is 2.32. The first-order valence-corrected chi connectivity index (χ1v) is 7.04. The van der Waals surface area contributed by atoms with Gasteiger partial charge in [-0.25, -0.2) is 0 Å². The van der Waals surface area contributed by atoms with Crippen LogP contribution in [0.1, 0.15) is 11.4 Å². The topological polar surface area (TPSA) is 29.0 Å². The van der Waals surface area contributed by atoms with Crippen molar-refractivity contribution < 1.29 is 0 Å². The molecule has 3 rings (SSSR count). The van der Waals surface area contributed by atoms with E-state index >= 15 is 0 Å². The smallest absolute Gasteiger partial charge is 0.0544 e. The van der Waals surface area contributed by atoms with Crippen LogP contribution in [0.15, 0.2) is 78.3 Å². The van der Waals surface area contributed by atoms with Gasteiger partial charge < -0.3 is 0 Å². The number of nitrogens with zero attached hydrogens (tertiary/aromatic N) is 3. The Bertz CT molecular complexity index is 627. The first-order chi connectivity index (χ1) is 10.4. The molecule has 1 aliphatic rings. The van der Waals surface area contributed by atoms with E-state index in [-0.39, 0.29) is 0 Å². The summed E-state index contributed by atoms with van der Waals surface area (Å²) >= 11 is 0. The summed E-state index contributed by atoms with van der Waals surface area (Å²) in [6.45, 7) is 2.45. The van der Waals surface area contributed by atoms with Gasteiger partial charge in [0.1, 0.15) is 0 Å². The monoisotopic (exact) mass is 275 g/mol. The van der Waals surface area contributed by atoms with Gasteiger partial charge in [-0.05, 0) is 36.4 Å². The summed E-state index contributed by atoms with van der Waals surface area (Å²) in [7, 11) is 0. The van der Waals surface area contributed by atoms with E-state index in [4.69, 9.17) is 0 Å². The Hall–Kier alpha value is -2.48. The van der Waals surface area contributed by atoms with E-state index in [1.54, 1.807) is 0 Å². The first-order valence-electron chi connectivity index (χ1n) is 7.04. The van der Waals surface area contributed by atoms with Crippen LogP contribution in [0.25, 0.3) is 0 Å². The van der Waals surface area contributed by atoms with Crippen molar-refractivity contribution >= 4 is 0 Å². The number of rotatable bonds is 6. The molecule has 104 valence electrons. The number of hydrogen-bond acceptors (Lipinski definition) is 3. The molecule has 0 fully saturated rings. The van der Waals surface area contributed by atoms with Crippen LogP contribution < -0.4 is 0 Å². The van der Waals surface area contributed by atoms with Crippen molar-refractivity contribution in [1.29, 1.82) is 0 Å². The summed E-state index contributed by atoms with van der Waals surface area (Å²) in [4.78, 5) is 11.2. The number of hydrogen-bond donors (Lipinski definition) is 0. The Morgan fingerprint density at radius 1 is 0.857 bits per heavy atom. The molecule has 2 aromatic heterocycles. The predicted octanol–water partition coefficient (Wildman–Crippen LogP) is 3.13.